The van der Waals surface area contributed by atoms with E-state index in [1.807, 2.05) is 27.7 Å². The van der Waals surface area contributed by atoms with Crippen LogP contribution in [0, 0.1) is 18.6 Å². The number of hydrogen-bond acceptors (Lipinski definition) is 2. The van der Waals surface area contributed by atoms with E-state index in [0.717, 1.165) is 23.0 Å². The van der Waals surface area contributed by atoms with Crippen LogP contribution in [-0.4, -0.2) is 11.5 Å². The van der Waals surface area contributed by atoms with Crippen molar-refractivity contribution in [1.29, 1.82) is 0 Å². The van der Waals surface area contributed by atoms with Crippen molar-refractivity contribution in [3.63, 3.8) is 0 Å². The summed E-state index contributed by atoms with van der Waals surface area (Å²) >= 11 is 3.22. The van der Waals surface area contributed by atoms with Crippen LogP contribution in [0.5, 0.6) is 0 Å². The zero-order valence-electron chi connectivity index (χ0n) is 11.9. The van der Waals surface area contributed by atoms with Crippen LogP contribution in [0.1, 0.15) is 37.9 Å². The Hall–Kier alpha value is -1.23. The Balaban J connectivity index is 2.99. The number of nitrogens with one attached hydrogen (secondary N) is 1. The summed E-state index contributed by atoms with van der Waals surface area (Å²) in [6.45, 7) is 8.56. The molecule has 0 atom stereocenters. The molecule has 1 N–H and O–H groups in total. The molecular weight excluding hydrogens is 326 g/mol. The molecule has 2 aromatic rings. The topological polar surface area (TPSA) is 24.9 Å². The first-order valence-corrected chi connectivity index (χ1v) is 7.39. The van der Waals surface area contributed by atoms with Gasteiger partial charge in [0.2, 0.25) is 0 Å². The Kier molecular flexibility index (Phi) is 4.28. The van der Waals surface area contributed by atoms with E-state index >= 15 is 0 Å². The Morgan fingerprint density at radius 3 is 2.50 bits per heavy atom. The minimum absolute atomic E-state index is 0.191. The highest BCUT2D eigenvalue weighted by Gasteiger charge is 2.21. The molecule has 0 saturated carbocycles. The lowest BCUT2D eigenvalue weighted by Gasteiger charge is -2.20. The Morgan fingerprint density at radius 1 is 1.30 bits per heavy atom. The summed E-state index contributed by atoms with van der Waals surface area (Å²) in [5, 5.41) is 3.70. The molecule has 0 spiro atoms. The summed E-state index contributed by atoms with van der Waals surface area (Å²) in [5.74, 6) is -1.05. The van der Waals surface area contributed by atoms with Crippen molar-refractivity contribution in [2.45, 2.75) is 33.6 Å². The summed E-state index contributed by atoms with van der Waals surface area (Å²) in [5.41, 5.74) is 2.71. The third-order valence-electron chi connectivity index (χ3n) is 3.27. The van der Waals surface area contributed by atoms with Crippen LogP contribution < -0.4 is 5.32 Å². The molecule has 2 rings (SSSR count). The quantitative estimate of drug-likeness (QED) is 0.781. The fraction of sp³-hybridized carbons (Fsp3) is 0.400. The second kappa shape index (κ2) is 5.64. The van der Waals surface area contributed by atoms with Gasteiger partial charge in [-0.2, -0.15) is 0 Å². The number of rotatable bonds is 3. The molecule has 1 heterocycles. The van der Waals surface area contributed by atoms with E-state index in [9.17, 15) is 8.78 Å². The van der Waals surface area contributed by atoms with Crippen LogP contribution in [0.2, 0.25) is 0 Å². The fourth-order valence-electron chi connectivity index (χ4n) is 2.53. The van der Waals surface area contributed by atoms with E-state index < -0.39 is 11.6 Å². The first-order chi connectivity index (χ1) is 9.38. The van der Waals surface area contributed by atoms with E-state index in [1.54, 1.807) is 0 Å². The van der Waals surface area contributed by atoms with Crippen LogP contribution in [0.15, 0.2) is 10.5 Å². The van der Waals surface area contributed by atoms with E-state index in [1.165, 1.54) is 0 Å². The maximum atomic E-state index is 14.0. The average Bonchev–Trinajstić information content (AvgIpc) is 2.35. The predicted octanol–water partition coefficient (Wildman–Crippen LogP) is 5.14. The number of halogens is 3. The second-order valence-corrected chi connectivity index (χ2v) is 5.84. The van der Waals surface area contributed by atoms with E-state index in [0.29, 0.717) is 11.9 Å². The number of hydrogen-bond donors (Lipinski definition) is 1. The molecule has 0 unspecified atom stereocenters. The molecule has 0 aliphatic carbocycles. The molecule has 2 nitrogen and oxygen atoms in total. The van der Waals surface area contributed by atoms with Crippen molar-refractivity contribution in [1.82, 2.24) is 4.98 Å². The van der Waals surface area contributed by atoms with Gasteiger partial charge in [-0.25, -0.2) is 13.8 Å². The van der Waals surface area contributed by atoms with Gasteiger partial charge in [-0.05, 0) is 41.3 Å². The number of pyridine rings is 1. The molecule has 0 radical (unpaired) electrons. The summed E-state index contributed by atoms with van der Waals surface area (Å²) in [4.78, 5) is 4.33. The zero-order chi connectivity index (χ0) is 15.0. The lowest BCUT2D eigenvalue weighted by atomic mass is 9.96. The van der Waals surface area contributed by atoms with Crippen LogP contribution in [0.4, 0.5) is 14.5 Å². The molecule has 0 saturated heterocycles. The molecule has 5 heteroatoms. The van der Waals surface area contributed by atoms with Gasteiger partial charge in [-0.1, -0.05) is 13.8 Å². The minimum Gasteiger partial charge on any atom is -0.384 e. The normalized spacial score (nSPS) is 11.4. The molecule has 0 bridgehead atoms. The smallest absolute Gasteiger partial charge is 0.152 e. The van der Waals surface area contributed by atoms with Gasteiger partial charge in [-0.3, -0.25) is 0 Å². The van der Waals surface area contributed by atoms with Crippen molar-refractivity contribution in [3.8, 4) is 0 Å². The number of aromatic nitrogens is 1. The number of benzene rings is 1. The Morgan fingerprint density at radius 2 is 1.95 bits per heavy atom. The molecule has 108 valence electrons. The van der Waals surface area contributed by atoms with Gasteiger partial charge in [0.25, 0.3) is 0 Å². The molecule has 0 aliphatic rings. The van der Waals surface area contributed by atoms with E-state index in [4.69, 9.17) is 0 Å². The standard InChI is InChI=1S/C15H17BrF2N2/c1-5-19-15-11(7(2)3)8(4)20-14-10(18)6-9(17)13(16)12(14)15/h6-7H,5H2,1-4H3,(H,19,20). The van der Waals surface area contributed by atoms with Gasteiger partial charge < -0.3 is 5.32 Å². The molecule has 1 aromatic heterocycles. The molecule has 0 aliphatic heterocycles. The van der Waals surface area contributed by atoms with Gasteiger partial charge in [0, 0.05) is 23.7 Å². The third kappa shape index (κ3) is 2.39. The first kappa shape index (κ1) is 15.2. The Labute approximate surface area is 125 Å². The van der Waals surface area contributed by atoms with Crippen LogP contribution >= 0.6 is 15.9 Å². The Bertz CT molecular complexity index is 669. The minimum atomic E-state index is -0.641. The number of nitrogens with zero attached hydrogens (tertiary/aromatic N) is 1. The summed E-state index contributed by atoms with van der Waals surface area (Å²) < 4.78 is 28.1. The number of aryl methyl sites for hydroxylation is 1. The summed E-state index contributed by atoms with van der Waals surface area (Å²) in [7, 11) is 0. The monoisotopic (exact) mass is 342 g/mol. The summed E-state index contributed by atoms with van der Waals surface area (Å²) in [6.07, 6.45) is 0. The SMILES string of the molecule is CCNc1c(C(C)C)c(C)nc2c(F)cc(F)c(Br)c12. The van der Waals surface area contributed by atoms with Crippen molar-refractivity contribution < 1.29 is 8.78 Å². The zero-order valence-corrected chi connectivity index (χ0v) is 13.5. The van der Waals surface area contributed by atoms with Gasteiger partial charge in [0.05, 0.1) is 10.2 Å². The second-order valence-electron chi connectivity index (χ2n) is 5.05. The van der Waals surface area contributed by atoms with E-state index in [2.05, 4.69) is 26.2 Å². The van der Waals surface area contributed by atoms with Crippen LogP contribution in [0.3, 0.4) is 0 Å². The first-order valence-electron chi connectivity index (χ1n) is 6.60. The maximum Gasteiger partial charge on any atom is 0.152 e. The van der Waals surface area contributed by atoms with Crippen LogP contribution in [0.25, 0.3) is 10.9 Å². The van der Waals surface area contributed by atoms with Gasteiger partial charge in [-0.15, -0.1) is 0 Å². The highest BCUT2D eigenvalue weighted by Crippen LogP contribution is 2.39. The molecule has 1 aromatic carbocycles. The highest BCUT2D eigenvalue weighted by atomic mass is 79.9. The third-order valence-corrected chi connectivity index (χ3v) is 4.04. The maximum absolute atomic E-state index is 14.0. The lowest BCUT2D eigenvalue weighted by Crippen LogP contribution is -2.08. The fourth-order valence-corrected chi connectivity index (χ4v) is 3.03. The largest absolute Gasteiger partial charge is 0.384 e. The van der Waals surface area contributed by atoms with Gasteiger partial charge in [0.1, 0.15) is 11.3 Å². The predicted molar refractivity (Wildman–Crippen MR) is 82.3 cm³/mol. The lowest BCUT2D eigenvalue weighted by molar-refractivity contribution is 0.586. The van der Waals surface area contributed by atoms with Crippen LogP contribution in [-0.2, 0) is 0 Å². The average molecular weight is 343 g/mol. The van der Waals surface area contributed by atoms with Crippen molar-refractivity contribution >= 4 is 32.5 Å². The van der Waals surface area contributed by atoms with Gasteiger partial charge in [0.15, 0.2) is 5.82 Å². The van der Waals surface area contributed by atoms with Crippen molar-refractivity contribution in [2.24, 2.45) is 0 Å². The highest BCUT2D eigenvalue weighted by molar-refractivity contribution is 9.10. The molecule has 0 amide bonds. The number of fused-ring (bicyclic) bond motifs is 1. The van der Waals surface area contributed by atoms with Crippen molar-refractivity contribution in [3.05, 3.63) is 33.4 Å². The molecule has 0 fully saturated rings. The summed E-state index contributed by atoms with van der Waals surface area (Å²) in [6, 6.07) is 0.865. The number of anilines is 1. The van der Waals surface area contributed by atoms with E-state index in [-0.39, 0.29) is 15.9 Å². The van der Waals surface area contributed by atoms with Crippen molar-refractivity contribution in [2.75, 3.05) is 11.9 Å². The molecular formula is C15H17BrF2N2. The van der Waals surface area contributed by atoms with Gasteiger partial charge >= 0.3 is 0 Å². The molecule has 20 heavy (non-hydrogen) atoms.